The molecule has 0 aliphatic rings. The van der Waals surface area contributed by atoms with Crippen LogP contribution in [0.1, 0.15) is 39.9 Å². The first-order valence-electron chi connectivity index (χ1n) is 10.5. The van der Waals surface area contributed by atoms with E-state index in [1.807, 2.05) is 5.32 Å². The van der Waals surface area contributed by atoms with Gasteiger partial charge in [-0.3, -0.25) is 9.00 Å². The van der Waals surface area contributed by atoms with E-state index in [1.54, 1.807) is 0 Å². The maximum atomic E-state index is 14.9. The van der Waals surface area contributed by atoms with Crippen molar-refractivity contribution in [2.24, 2.45) is 0 Å². The second kappa shape index (κ2) is 12.5. The van der Waals surface area contributed by atoms with Crippen molar-refractivity contribution in [1.82, 2.24) is 5.32 Å². The van der Waals surface area contributed by atoms with Gasteiger partial charge in [-0.15, -0.1) is 0 Å². The average molecular weight is 632 g/mol. The fourth-order valence-corrected chi connectivity index (χ4v) is 4.75. The molecule has 0 aliphatic heterocycles. The molecule has 0 spiro atoms. The van der Waals surface area contributed by atoms with Crippen LogP contribution in [-0.2, 0) is 17.0 Å². The van der Waals surface area contributed by atoms with Gasteiger partial charge in [-0.2, -0.15) is 39.5 Å². The van der Waals surface area contributed by atoms with Gasteiger partial charge in [0, 0.05) is 28.2 Å². The molecule has 2 rings (SSSR count). The summed E-state index contributed by atoms with van der Waals surface area (Å²) in [6.07, 6.45) is -15.1. The summed E-state index contributed by atoms with van der Waals surface area (Å²) in [6, 6.07) is 2.76. The SMILES string of the molecule is CC(CS(=O)CC(F)(F)F)NC(=O)c1ccc(/C(F)=C/C(c2ccc(Cl)c(Cl)c2)C(F)(F)F)cc1C(F)(F)F. The Morgan fingerprint density at radius 3 is 2.10 bits per heavy atom. The Labute approximate surface area is 227 Å². The van der Waals surface area contributed by atoms with Crippen LogP contribution in [0, 0.1) is 0 Å². The number of carbonyl (C=O) groups is 1. The summed E-state index contributed by atoms with van der Waals surface area (Å²) in [5.41, 5.74) is -4.28. The summed E-state index contributed by atoms with van der Waals surface area (Å²) in [6.45, 7) is 1.11. The van der Waals surface area contributed by atoms with Crippen LogP contribution in [0.3, 0.4) is 0 Å². The lowest BCUT2D eigenvalue weighted by Crippen LogP contribution is -2.38. The van der Waals surface area contributed by atoms with Crippen molar-refractivity contribution in [3.8, 4) is 0 Å². The second-order valence-corrected chi connectivity index (χ2v) is 10.5. The minimum atomic E-state index is -5.28. The maximum absolute atomic E-state index is 14.9. The monoisotopic (exact) mass is 631 g/mol. The smallest absolute Gasteiger partial charge is 0.349 e. The Morgan fingerprint density at radius 2 is 1.59 bits per heavy atom. The van der Waals surface area contributed by atoms with Gasteiger partial charge >= 0.3 is 18.5 Å². The zero-order valence-corrected chi connectivity index (χ0v) is 21.7. The van der Waals surface area contributed by atoms with Crippen molar-refractivity contribution in [2.75, 3.05) is 11.5 Å². The zero-order chi connectivity index (χ0) is 29.9. The quantitative estimate of drug-likeness (QED) is 0.299. The van der Waals surface area contributed by atoms with E-state index in [9.17, 15) is 52.9 Å². The van der Waals surface area contributed by atoms with Gasteiger partial charge in [0.05, 0.1) is 21.2 Å². The average Bonchev–Trinajstić information content (AvgIpc) is 2.76. The number of allylic oxidation sites excluding steroid dienone is 1. The lowest BCUT2D eigenvalue weighted by Gasteiger charge is -2.19. The number of nitrogens with one attached hydrogen (secondary N) is 1. The Morgan fingerprint density at radius 1 is 0.974 bits per heavy atom. The van der Waals surface area contributed by atoms with Crippen LogP contribution in [-0.4, -0.2) is 40.0 Å². The topological polar surface area (TPSA) is 46.2 Å². The Hall–Kier alpha value is -2.32. The Balaban J connectivity index is 2.40. The molecule has 2 aromatic carbocycles. The normalized spacial score (nSPS) is 15.6. The molecule has 3 unspecified atom stereocenters. The summed E-state index contributed by atoms with van der Waals surface area (Å²) in [7, 11) is -2.48. The van der Waals surface area contributed by atoms with Gasteiger partial charge in [-0.05, 0) is 42.8 Å². The van der Waals surface area contributed by atoms with E-state index in [0.717, 1.165) is 25.1 Å². The largest absolute Gasteiger partial charge is 0.417 e. The first-order valence-corrected chi connectivity index (χ1v) is 12.8. The number of hydrogen-bond acceptors (Lipinski definition) is 2. The van der Waals surface area contributed by atoms with Gasteiger partial charge in [0.1, 0.15) is 17.5 Å². The minimum Gasteiger partial charge on any atom is -0.349 e. The van der Waals surface area contributed by atoms with E-state index in [-0.39, 0.29) is 22.2 Å². The third kappa shape index (κ3) is 9.67. The number of benzene rings is 2. The highest BCUT2D eigenvalue weighted by molar-refractivity contribution is 7.85. The van der Waals surface area contributed by atoms with E-state index in [4.69, 9.17) is 23.2 Å². The van der Waals surface area contributed by atoms with Crippen molar-refractivity contribution in [3.05, 3.63) is 74.8 Å². The van der Waals surface area contributed by atoms with Gasteiger partial charge in [0.2, 0.25) is 0 Å². The fraction of sp³-hybridized carbons (Fsp3) is 0.348. The van der Waals surface area contributed by atoms with Crippen LogP contribution in [0.2, 0.25) is 10.0 Å². The molecule has 0 bridgehead atoms. The molecule has 16 heteroatoms. The third-order valence-electron chi connectivity index (χ3n) is 4.95. The predicted molar refractivity (Wildman–Crippen MR) is 127 cm³/mol. The molecule has 0 saturated heterocycles. The van der Waals surface area contributed by atoms with Crippen LogP contribution in [0.15, 0.2) is 42.5 Å². The fourth-order valence-electron chi connectivity index (χ4n) is 3.32. The summed E-state index contributed by atoms with van der Waals surface area (Å²) in [5, 5.41) is 1.62. The molecule has 0 saturated carbocycles. The summed E-state index contributed by atoms with van der Waals surface area (Å²) in [4.78, 5) is 12.4. The molecule has 216 valence electrons. The van der Waals surface area contributed by atoms with Crippen molar-refractivity contribution in [1.29, 1.82) is 0 Å². The van der Waals surface area contributed by atoms with Crippen LogP contribution >= 0.6 is 23.2 Å². The van der Waals surface area contributed by atoms with Crippen LogP contribution in [0.5, 0.6) is 0 Å². The van der Waals surface area contributed by atoms with Crippen LogP contribution in [0.4, 0.5) is 43.9 Å². The lowest BCUT2D eigenvalue weighted by molar-refractivity contribution is -0.140. The number of hydrogen-bond donors (Lipinski definition) is 1. The lowest BCUT2D eigenvalue weighted by atomic mass is 9.95. The maximum Gasteiger partial charge on any atom is 0.417 e. The molecular formula is C23H17Cl2F10NO2S. The van der Waals surface area contributed by atoms with Gasteiger partial charge in [-0.1, -0.05) is 35.3 Å². The molecule has 3 atom stereocenters. The second-order valence-electron chi connectivity index (χ2n) is 8.21. The number of amides is 1. The summed E-state index contributed by atoms with van der Waals surface area (Å²) >= 11 is 11.4. The standard InChI is InChI=1S/C23H17Cl2F10NO2S/c1-11(9-39(38)10-21(27,28)29)36-20(37)14-4-2-13(6-16(14)23(33,34)35)19(26)8-15(22(30,31)32)12-3-5-17(24)18(25)7-12/h2-8,11,15H,9-10H2,1H3,(H,36,37)/b19-8-. The Bertz CT molecular complexity index is 1260. The van der Waals surface area contributed by atoms with Crippen molar-refractivity contribution in [3.63, 3.8) is 0 Å². The van der Waals surface area contributed by atoms with Crippen LogP contribution in [0.25, 0.3) is 5.83 Å². The number of alkyl halides is 9. The van der Waals surface area contributed by atoms with Crippen molar-refractivity contribution >= 4 is 45.7 Å². The van der Waals surface area contributed by atoms with E-state index in [1.165, 1.54) is 0 Å². The van der Waals surface area contributed by atoms with Crippen molar-refractivity contribution < 1.29 is 52.9 Å². The molecule has 1 amide bonds. The predicted octanol–water partition coefficient (Wildman–Crippen LogP) is 8.10. The van der Waals surface area contributed by atoms with E-state index >= 15 is 0 Å². The highest BCUT2D eigenvalue weighted by Crippen LogP contribution is 2.41. The molecule has 0 fully saturated rings. The van der Waals surface area contributed by atoms with Crippen molar-refractivity contribution in [2.45, 2.75) is 37.4 Å². The zero-order valence-electron chi connectivity index (χ0n) is 19.4. The highest BCUT2D eigenvalue weighted by atomic mass is 35.5. The summed E-state index contributed by atoms with van der Waals surface area (Å²) in [5.74, 6) is -8.17. The van der Waals surface area contributed by atoms with E-state index in [2.05, 4.69) is 0 Å². The highest BCUT2D eigenvalue weighted by Gasteiger charge is 2.41. The molecule has 3 nitrogen and oxygen atoms in total. The molecule has 0 aromatic heterocycles. The minimum absolute atomic E-state index is 0.0346. The molecule has 0 radical (unpaired) electrons. The number of carbonyl (C=O) groups excluding carboxylic acids is 1. The molecule has 2 aromatic rings. The molecule has 0 heterocycles. The van der Waals surface area contributed by atoms with Gasteiger partial charge < -0.3 is 5.32 Å². The molecular weight excluding hydrogens is 615 g/mol. The van der Waals surface area contributed by atoms with E-state index < -0.39 is 86.8 Å². The molecule has 0 aliphatic carbocycles. The van der Waals surface area contributed by atoms with E-state index in [0.29, 0.717) is 12.1 Å². The Kier molecular flexibility index (Phi) is 10.5. The number of rotatable bonds is 8. The van der Waals surface area contributed by atoms with Crippen LogP contribution < -0.4 is 5.32 Å². The van der Waals surface area contributed by atoms with Gasteiger partial charge in [-0.25, -0.2) is 4.39 Å². The first-order chi connectivity index (χ1) is 17.7. The third-order valence-corrected chi connectivity index (χ3v) is 7.21. The molecule has 1 N–H and O–H groups in total. The van der Waals surface area contributed by atoms with Gasteiger partial charge in [0.15, 0.2) is 0 Å². The molecule has 39 heavy (non-hydrogen) atoms. The first kappa shape index (κ1) is 32.9. The summed E-state index contributed by atoms with van der Waals surface area (Å²) < 4.78 is 145. The number of halogens is 12. The van der Waals surface area contributed by atoms with Gasteiger partial charge in [0.25, 0.3) is 5.91 Å².